The smallest absolute Gasteiger partial charge is 0.269 e. The van der Waals surface area contributed by atoms with E-state index in [4.69, 9.17) is 0 Å². The van der Waals surface area contributed by atoms with E-state index in [0.29, 0.717) is 38.8 Å². The summed E-state index contributed by atoms with van der Waals surface area (Å²) in [4.78, 5) is 13.4. The minimum absolute atomic E-state index is 0.00537. The molecule has 0 saturated heterocycles. The van der Waals surface area contributed by atoms with Crippen molar-refractivity contribution in [1.82, 2.24) is 4.58 Å². The molecule has 2 aliphatic rings. The number of non-ortho nitro benzene ring substituents is 1. The van der Waals surface area contributed by atoms with E-state index in [-0.39, 0.29) is 17.2 Å². The van der Waals surface area contributed by atoms with Gasteiger partial charge in [0.05, 0.1) is 21.6 Å². The zero-order chi connectivity index (χ0) is 32.9. The number of fused-ring (bicyclic) bond motifs is 2. The van der Waals surface area contributed by atoms with Crippen molar-refractivity contribution in [3.05, 3.63) is 104 Å². The Morgan fingerprint density at radius 3 is 2.17 bits per heavy atom. The monoisotopic (exact) mass is 670 g/mol. The number of aryl methyl sites for hydroxylation is 2. The first-order valence-electron chi connectivity index (χ1n) is 15.7. The molecule has 2 aliphatic heterocycles. The summed E-state index contributed by atoms with van der Waals surface area (Å²) in [7, 11) is -8.08. The van der Waals surface area contributed by atoms with Gasteiger partial charge in [0.1, 0.15) is 13.1 Å². The average Bonchev–Trinajstić information content (AvgIpc) is 3.01. The van der Waals surface area contributed by atoms with Crippen LogP contribution in [-0.2, 0) is 33.1 Å². The first kappa shape index (κ1) is 33.7. The number of hydrogen-bond donors (Lipinski definition) is 2. The number of hydrogen-bond acceptors (Lipinski definition) is 7. The maximum Gasteiger partial charge on any atom is 0.269 e. The molecule has 0 bridgehead atoms. The molecule has 0 unspecified atom stereocenters. The van der Waals surface area contributed by atoms with Gasteiger partial charge < -0.3 is 4.90 Å². The quantitative estimate of drug-likeness (QED) is 0.0915. The SMILES string of the molecule is O=[N+]([O-])c1ccc(C(c2cccc3c2N(CCCCS(=O)(=O)O)CCC3)=c2cccc3c2=[N+](CCCCS(=O)(=O)O)CCC3)cc1. The highest BCUT2D eigenvalue weighted by atomic mass is 32.2. The van der Waals surface area contributed by atoms with Gasteiger partial charge in [0.15, 0.2) is 0 Å². The van der Waals surface area contributed by atoms with Gasteiger partial charge in [-0.15, -0.1) is 0 Å². The number of nitro benzene ring substituents is 1. The standard InChI is InChI=1S/C33H39N3O8S2/c37-36(38)28-17-15-25(16-18-28)31(29-13-5-9-26-11-7-21-34(32(26)29)19-1-3-23-45(39,40)41)30-14-6-10-27-12-8-22-35(33(27)30)20-2-4-24-46(42,43)44/h5-6,9-10,13-18H,1-4,7-8,11-12,19-24H2,(H-,39,40,41,42,43,44)/p+1. The van der Waals surface area contributed by atoms with Gasteiger partial charge in [0, 0.05) is 60.5 Å². The lowest BCUT2D eigenvalue weighted by molar-refractivity contribution is -0.384. The highest BCUT2D eigenvalue weighted by Crippen LogP contribution is 2.37. The van der Waals surface area contributed by atoms with E-state index in [1.54, 1.807) is 12.1 Å². The van der Waals surface area contributed by atoms with E-state index in [2.05, 4.69) is 33.7 Å². The van der Waals surface area contributed by atoms with Crippen molar-refractivity contribution in [2.75, 3.05) is 42.6 Å². The van der Waals surface area contributed by atoms with Gasteiger partial charge in [-0.2, -0.15) is 16.8 Å². The van der Waals surface area contributed by atoms with Gasteiger partial charge in [-0.05, 0) is 67.9 Å². The van der Waals surface area contributed by atoms with E-state index in [1.165, 1.54) is 23.3 Å². The Hall–Kier alpha value is -3.65. The number of anilines is 1. The third-order valence-corrected chi connectivity index (χ3v) is 10.3. The van der Waals surface area contributed by atoms with Crippen molar-refractivity contribution in [2.24, 2.45) is 0 Å². The number of benzene rings is 3. The Morgan fingerprint density at radius 2 is 1.48 bits per heavy atom. The molecular weight excluding hydrogens is 631 g/mol. The molecule has 0 atom stereocenters. The Kier molecular flexibility index (Phi) is 10.6. The summed E-state index contributed by atoms with van der Waals surface area (Å²) in [5.74, 6) is -0.572. The maximum atomic E-state index is 11.5. The number of nitrogens with zero attached hydrogens (tertiary/aromatic N) is 3. The first-order valence-corrected chi connectivity index (χ1v) is 18.9. The van der Waals surface area contributed by atoms with E-state index in [9.17, 15) is 36.1 Å². The molecule has 0 spiro atoms. The molecule has 0 amide bonds. The highest BCUT2D eigenvalue weighted by molar-refractivity contribution is 7.86. The van der Waals surface area contributed by atoms with E-state index in [1.807, 2.05) is 12.1 Å². The molecule has 0 fully saturated rings. The van der Waals surface area contributed by atoms with Crippen LogP contribution in [0.1, 0.15) is 60.8 Å². The Bertz CT molecular complexity index is 1940. The average molecular weight is 671 g/mol. The van der Waals surface area contributed by atoms with Crippen LogP contribution in [0.15, 0.2) is 60.7 Å². The van der Waals surface area contributed by atoms with Crippen LogP contribution < -0.4 is 20.1 Å². The molecule has 5 rings (SSSR count). The molecule has 0 radical (unpaired) electrons. The Balaban J connectivity index is 1.71. The summed E-state index contributed by atoms with van der Waals surface area (Å²) in [6, 6.07) is 19.0. The summed E-state index contributed by atoms with van der Waals surface area (Å²) < 4.78 is 66.1. The largest absolute Gasteiger partial charge is 0.371 e. The number of unbranched alkanes of at least 4 members (excludes halogenated alkanes) is 2. The Labute approximate surface area is 269 Å². The van der Waals surface area contributed by atoms with Gasteiger partial charge in [0.2, 0.25) is 5.36 Å². The van der Waals surface area contributed by atoms with Gasteiger partial charge in [-0.3, -0.25) is 19.2 Å². The van der Waals surface area contributed by atoms with Crippen LogP contribution in [0.4, 0.5) is 11.4 Å². The van der Waals surface area contributed by atoms with Crippen molar-refractivity contribution >= 4 is 37.2 Å². The highest BCUT2D eigenvalue weighted by Gasteiger charge is 2.26. The second-order valence-corrected chi connectivity index (χ2v) is 15.1. The molecule has 46 heavy (non-hydrogen) atoms. The minimum atomic E-state index is -4.04. The summed E-state index contributed by atoms with van der Waals surface area (Å²) in [6.07, 6.45) is 5.49. The molecule has 0 saturated carbocycles. The van der Waals surface area contributed by atoms with Crippen LogP contribution in [0.25, 0.3) is 5.57 Å². The maximum absolute atomic E-state index is 11.5. The van der Waals surface area contributed by atoms with Crippen molar-refractivity contribution in [1.29, 1.82) is 0 Å². The topological polar surface area (TPSA) is 158 Å². The molecular formula is C33H40N3O8S2+. The predicted molar refractivity (Wildman–Crippen MR) is 178 cm³/mol. The molecule has 2 N–H and O–H groups in total. The van der Waals surface area contributed by atoms with Crippen LogP contribution in [0, 0.1) is 10.1 Å². The summed E-state index contributed by atoms with van der Waals surface area (Å²) >= 11 is 0. The van der Waals surface area contributed by atoms with Gasteiger partial charge in [0.25, 0.3) is 25.9 Å². The molecule has 3 aromatic rings. The second kappa shape index (κ2) is 14.4. The normalized spacial score (nSPS) is 15.7. The summed E-state index contributed by atoms with van der Waals surface area (Å²) in [5, 5.41) is 13.6. The number of rotatable bonds is 13. The molecule has 0 aliphatic carbocycles. The zero-order valence-electron chi connectivity index (χ0n) is 25.7. The first-order chi connectivity index (χ1) is 21.9. The third kappa shape index (κ3) is 8.38. The molecule has 0 aromatic heterocycles. The molecule has 11 nitrogen and oxygen atoms in total. The van der Waals surface area contributed by atoms with Crippen molar-refractivity contribution in [3.8, 4) is 0 Å². The van der Waals surface area contributed by atoms with E-state index < -0.39 is 25.2 Å². The van der Waals surface area contributed by atoms with Crippen LogP contribution in [0.2, 0.25) is 0 Å². The van der Waals surface area contributed by atoms with Gasteiger partial charge in [-0.25, -0.2) is 4.58 Å². The van der Waals surface area contributed by atoms with Crippen molar-refractivity contribution in [3.63, 3.8) is 0 Å². The number of nitro groups is 1. The fraction of sp³-hybridized carbons (Fsp3) is 0.424. The van der Waals surface area contributed by atoms with E-state index in [0.717, 1.165) is 71.7 Å². The predicted octanol–water partition coefficient (Wildman–Crippen LogP) is 3.37. The fourth-order valence-electron chi connectivity index (χ4n) is 6.71. The van der Waals surface area contributed by atoms with Gasteiger partial charge in [-0.1, -0.05) is 30.3 Å². The summed E-state index contributed by atoms with van der Waals surface area (Å²) in [5.41, 5.74) is 6.12. The van der Waals surface area contributed by atoms with Crippen molar-refractivity contribution < 1.29 is 30.9 Å². The molecule has 3 aromatic carbocycles. The lowest BCUT2D eigenvalue weighted by Gasteiger charge is -2.34. The molecule has 13 heteroatoms. The fourth-order valence-corrected chi connectivity index (χ4v) is 7.85. The number of para-hydroxylation sites is 2. The molecule has 2 heterocycles. The molecule has 246 valence electrons. The van der Waals surface area contributed by atoms with Crippen LogP contribution in [0.3, 0.4) is 0 Å². The minimum Gasteiger partial charge on any atom is -0.371 e. The lowest BCUT2D eigenvalue weighted by atomic mass is 9.88. The van der Waals surface area contributed by atoms with E-state index >= 15 is 0 Å². The zero-order valence-corrected chi connectivity index (χ0v) is 27.3. The summed E-state index contributed by atoms with van der Waals surface area (Å²) in [6.45, 7) is 2.80. The van der Waals surface area contributed by atoms with Crippen LogP contribution in [-0.4, -0.2) is 68.5 Å². The van der Waals surface area contributed by atoms with Gasteiger partial charge >= 0.3 is 0 Å². The van der Waals surface area contributed by atoms with Crippen LogP contribution >= 0.6 is 0 Å². The van der Waals surface area contributed by atoms with Crippen LogP contribution in [0.5, 0.6) is 0 Å². The Morgan fingerprint density at radius 1 is 0.826 bits per heavy atom. The lowest BCUT2D eigenvalue weighted by Crippen LogP contribution is -2.47. The van der Waals surface area contributed by atoms with Crippen molar-refractivity contribution in [2.45, 2.75) is 51.4 Å². The second-order valence-electron chi connectivity index (χ2n) is 12.0. The third-order valence-electron chi connectivity index (χ3n) is 8.69.